The third kappa shape index (κ3) is 4.29. The minimum atomic E-state index is 0. The molecule has 0 spiro atoms. The van der Waals surface area contributed by atoms with E-state index in [2.05, 4.69) is 58.2 Å². The minimum absolute atomic E-state index is 0. The maximum atomic E-state index is 12.7. The molecule has 0 bridgehead atoms. The average molecular weight is 400 g/mol. The molecule has 1 aromatic heterocycles. The lowest BCUT2D eigenvalue weighted by Gasteiger charge is -2.42. The Labute approximate surface area is 174 Å². The highest BCUT2D eigenvalue weighted by Gasteiger charge is 2.34. The second kappa shape index (κ2) is 8.14. The van der Waals surface area contributed by atoms with E-state index in [-0.39, 0.29) is 13.4 Å². The zero-order valence-corrected chi connectivity index (χ0v) is 17.9. The molecule has 2 aromatic rings. The van der Waals surface area contributed by atoms with Gasteiger partial charge in [-0.1, -0.05) is 17.6 Å². The molecule has 0 unspecified atom stereocenters. The number of benzene rings is 1. The topological polar surface area (TPSA) is 74.5 Å². The van der Waals surface area contributed by atoms with Crippen LogP contribution in [-0.4, -0.2) is 51.6 Å². The molecular formula is C22H33N5O2. The molecule has 7 nitrogen and oxygen atoms in total. The molecule has 1 saturated carbocycles. The molecule has 1 N–H and O–H groups in total. The van der Waals surface area contributed by atoms with Gasteiger partial charge in [0.05, 0.1) is 0 Å². The van der Waals surface area contributed by atoms with Crippen molar-refractivity contribution in [3.63, 3.8) is 0 Å². The molecule has 7 heteroatoms. The van der Waals surface area contributed by atoms with Crippen molar-refractivity contribution in [1.29, 1.82) is 0 Å². The van der Waals surface area contributed by atoms with E-state index in [1.807, 2.05) is 0 Å². The van der Waals surface area contributed by atoms with Gasteiger partial charge in [-0.3, -0.25) is 9.69 Å². The normalized spacial score (nSPS) is 20.6. The number of amides is 1. The van der Waals surface area contributed by atoms with Crippen molar-refractivity contribution < 1.29 is 10.6 Å². The third-order valence-electron chi connectivity index (χ3n) is 6.27. The monoisotopic (exact) mass is 399 g/mol. The summed E-state index contributed by atoms with van der Waals surface area (Å²) in [6.45, 7) is 11.7. The quantitative estimate of drug-likeness (QED) is 0.824. The van der Waals surface area contributed by atoms with Gasteiger partial charge in [-0.15, -0.1) is 5.10 Å². The first-order valence-corrected chi connectivity index (χ1v) is 10.6. The van der Waals surface area contributed by atoms with Crippen molar-refractivity contribution in [1.82, 2.24) is 20.0 Å². The van der Waals surface area contributed by atoms with Gasteiger partial charge in [-0.2, -0.15) is 0 Å². The molecular weight excluding hydrogens is 366 g/mol. The van der Waals surface area contributed by atoms with Crippen LogP contribution in [0.4, 0.5) is 11.7 Å². The molecule has 1 aliphatic carbocycles. The highest BCUT2D eigenvalue weighted by Crippen LogP contribution is 2.30. The van der Waals surface area contributed by atoms with Crippen LogP contribution < -0.4 is 5.32 Å². The Morgan fingerprint density at radius 2 is 2.03 bits per heavy atom. The number of piperazine rings is 1. The molecule has 2 fully saturated rings. The molecule has 1 amide bonds. The molecule has 29 heavy (non-hydrogen) atoms. The van der Waals surface area contributed by atoms with E-state index in [0.717, 1.165) is 44.7 Å². The summed E-state index contributed by atoms with van der Waals surface area (Å²) in [7, 11) is 0. The molecule has 1 aromatic carbocycles. The molecule has 1 aliphatic heterocycles. The fraction of sp³-hybridized carbons (Fsp3) is 0.591. The maximum Gasteiger partial charge on any atom is 0.320 e. The molecule has 158 valence electrons. The minimum Gasteiger partial charge on any atom is -0.408 e. The van der Waals surface area contributed by atoms with E-state index in [1.54, 1.807) is 6.92 Å². The zero-order chi connectivity index (χ0) is 20.5. The van der Waals surface area contributed by atoms with Crippen molar-refractivity contribution in [2.45, 2.75) is 59.5 Å². The number of carbonyl (C=O) groups is 1. The predicted molar refractivity (Wildman–Crippen MR) is 114 cm³/mol. The fourth-order valence-corrected chi connectivity index (χ4v) is 4.32. The maximum absolute atomic E-state index is 12.7. The Hall–Kier alpha value is -2.41. The van der Waals surface area contributed by atoms with Crippen LogP contribution in [0.2, 0.25) is 0 Å². The molecule has 0 radical (unpaired) electrons. The van der Waals surface area contributed by atoms with Gasteiger partial charge in [-0.05, 0) is 56.4 Å². The van der Waals surface area contributed by atoms with Gasteiger partial charge < -0.3 is 14.6 Å². The number of nitrogens with one attached hydrogen (secondary N) is 1. The first-order chi connectivity index (χ1) is 13.9. The Bertz CT molecular complexity index is 896. The Kier molecular flexibility index (Phi) is 5.58. The van der Waals surface area contributed by atoms with Gasteiger partial charge in [0, 0.05) is 52.2 Å². The van der Waals surface area contributed by atoms with Crippen LogP contribution in [0.25, 0.3) is 0 Å². The van der Waals surface area contributed by atoms with Gasteiger partial charge in [-0.25, -0.2) is 0 Å². The SMILES string of the molecule is Cc1cc(CN2CCN(C(=O)C3CCC3)[C@@H](C)C2)c(C)c(Nc2nnc(C)o2)c1.[HH]. The lowest BCUT2D eigenvalue weighted by Crippen LogP contribution is -2.55. The first-order valence-electron chi connectivity index (χ1n) is 10.6. The standard InChI is InChI=1S/C22H31N5O2.H2/c1-14-10-19(16(3)20(11-14)23-22-25-24-17(4)29-22)13-26-8-9-27(15(2)12-26)21(28)18-6-5-7-18;/h10-11,15,18H,5-9,12-13H2,1-4H3,(H,23,25);1H/t15-;/m0./s1. The molecule has 2 heterocycles. The lowest BCUT2D eigenvalue weighted by atomic mass is 9.84. The molecule has 1 saturated heterocycles. The van der Waals surface area contributed by atoms with Gasteiger partial charge in [0.1, 0.15) is 0 Å². The van der Waals surface area contributed by atoms with E-state index >= 15 is 0 Å². The average Bonchev–Trinajstić information content (AvgIpc) is 3.02. The first kappa shape index (κ1) is 19.9. The van der Waals surface area contributed by atoms with E-state index < -0.39 is 0 Å². The van der Waals surface area contributed by atoms with E-state index in [9.17, 15) is 4.79 Å². The van der Waals surface area contributed by atoms with Crippen molar-refractivity contribution >= 4 is 17.6 Å². The number of carbonyl (C=O) groups excluding carboxylic acids is 1. The smallest absolute Gasteiger partial charge is 0.320 e. The largest absolute Gasteiger partial charge is 0.408 e. The van der Waals surface area contributed by atoms with Crippen LogP contribution in [0.5, 0.6) is 0 Å². The number of aromatic nitrogens is 2. The zero-order valence-electron chi connectivity index (χ0n) is 17.9. The van der Waals surface area contributed by atoms with E-state index in [1.165, 1.54) is 23.1 Å². The van der Waals surface area contributed by atoms with E-state index in [0.29, 0.717) is 17.8 Å². The Balaban J connectivity index is 0.00000256. The summed E-state index contributed by atoms with van der Waals surface area (Å²) in [5.74, 6) is 1.20. The second-order valence-electron chi connectivity index (χ2n) is 8.59. The van der Waals surface area contributed by atoms with Crippen LogP contribution in [-0.2, 0) is 11.3 Å². The van der Waals surface area contributed by atoms with Gasteiger partial charge in [0.15, 0.2) is 0 Å². The fourth-order valence-electron chi connectivity index (χ4n) is 4.32. The number of hydrogen-bond donors (Lipinski definition) is 1. The summed E-state index contributed by atoms with van der Waals surface area (Å²) < 4.78 is 5.47. The van der Waals surface area contributed by atoms with Crippen LogP contribution in [0.15, 0.2) is 16.5 Å². The van der Waals surface area contributed by atoms with Crippen molar-refractivity contribution in [3.05, 3.63) is 34.7 Å². The van der Waals surface area contributed by atoms with E-state index in [4.69, 9.17) is 4.42 Å². The molecule has 2 aliphatic rings. The Morgan fingerprint density at radius 1 is 1.24 bits per heavy atom. The predicted octanol–water partition coefficient (Wildman–Crippen LogP) is 3.82. The summed E-state index contributed by atoms with van der Waals surface area (Å²) in [5, 5.41) is 11.2. The van der Waals surface area contributed by atoms with Crippen LogP contribution in [0, 0.1) is 26.7 Å². The number of rotatable bonds is 5. The number of hydrogen-bond acceptors (Lipinski definition) is 6. The highest BCUT2D eigenvalue weighted by molar-refractivity contribution is 5.80. The number of aryl methyl sites for hydroxylation is 2. The summed E-state index contributed by atoms with van der Waals surface area (Å²) >= 11 is 0. The summed E-state index contributed by atoms with van der Waals surface area (Å²) in [4.78, 5) is 17.2. The number of nitrogens with zero attached hydrogens (tertiary/aromatic N) is 4. The third-order valence-corrected chi connectivity index (χ3v) is 6.27. The number of anilines is 2. The highest BCUT2D eigenvalue weighted by atomic mass is 16.4. The molecule has 1 atom stereocenters. The Morgan fingerprint density at radius 3 is 2.66 bits per heavy atom. The second-order valence-corrected chi connectivity index (χ2v) is 8.59. The van der Waals surface area contributed by atoms with Crippen LogP contribution in [0.3, 0.4) is 0 Å². The van der Waals surface area contributed by atoms with Gasteiger partial charge >= 0.3 is 6.01 Å². The summed E-state index contributed by atoms with van der Waals surface area (Å²) in [5.41, 5.74) is 4.66. The summed E-state index contributed by atoms with van der Waals surface area (Å²) in [6.07, 6.45) is 3.35. The van der Waals surface area contributed by atoms with Gasteiger partial charge in [0.25, 0.3) is 0 Å². The molecule has 4 rings (SSSR count). The van der Waals surface area contributed by atoms with Crippen molar-refractivity contribution in [3.8, 4) is 0 Å². The van der Waals surface area contributed by atoms with Gasteiger partial charge in [0.2, 0.25) is 11.8 Å². The van der Waals surface area contributed by atoms with Crippen molar-refractivity contribution in [2.75, 3.05) is 25.0 Å². The lowest BCUT2D eigenvalue weighted by molar-refractivity contribution is -0.142. The van der Waals surface area contributed by atoms with Crippen LogP contribution in [0.1, 0.15) is 50.2 Å². The van der Waals surface area contributed by atoms with Crippen LogP contribution >= 0.6 is 0 Å². The van der Waals surface area contributed by atoms with Crippen molar-refractivity contribution in [2.24, 2.45) is 5.92 Å². The summed E-state index contributed by atoms with van der Waals surface area (Å²) in [6, 6.07) is 5.03.